The minimum Gasteiger partial charge on any atom is -0.314 e. The number of aromatic nitrogens is 2. The molecule has 0 spiro atoms. The zero-order valence-electron chi connectivity index (χ0n) is 24.1. The van der Waals surface area contributed by atoms with E-state index in [2.05, 4.69) is 30.4 Å². The molecule has 1 N–H and O–H groups in total. The Morgan fingerprint density at radius 1 is 0.902 bits per heavy atom. The molecule has 0 saturated carbocycles. The van der Waals surface area contributed by atoms with Crippen LogP contribution in [0.15, 0.2) is 102 Å². The largest absolute Gasteiger partial charge is 0.322 e. The summed E-state index contributed by atoms with van der Waals surface area (Å²) >= 11 is 0. The Hall–Kier alpha value is -4.71. The highest BCUT2D eigenvalue weighted by molar-refractivity contribution is 5.89. The summed E-state index contributed by atoms with van der Waals surface area (Å²) in [6.07, 6.45) is 1.59. The Labute approximate surface area is 241 Å². The first-order chi connectivity index (χ1) is 19.9. The van der Waals surface area contributed by atoms with Gasteiger partial charge in [-0.25, -0.2) is 9.78 Å². The van der Waals surface area contributed by atoms with Crippen LogP contribution in [0.2, 0.25) is 0 Å². The zero-order valence-corrected chi connectivity index (χ0v) is 24.1. The van der Waals surface area contributed by atoms with E-state index in [1.807, 2.05) is 93.6 Å². The van der Waals surface area contributed by atoms with Gasteiger partial charge in [-0.1, -0.05) is 79.2 Å². The first-order valence-electron chi connectivity index (χ1n) is 14.2. The molecule has 4 aromatic carbocycles. The van der Waals surface area contributed by atoms with Gasteiger partial charge in [-0.3, -0.25) is 9.36 Å². The summed E-state index contributed by atoms with van der Waals surface area (Å²) in [5, 5.41) is 3.62. The van der Waals surface area contributed by atoms with Gasteiger partial charge < -0.3 is 10.2 Å². The van der Waals surface area contributed by atoms with Crippen molar-refractivity contribution in [2.75, 3.05) is 11.9 Å². The van der Waals surface area contributed by atoms with Gasteiger partial charge >= 0.3 is 6.03 Å². The number of para-hydroxylation sites is 1. The third kappa shape index (κ3) is 6.07. The normalized spacial score (nSPS) is 11.8. The van der Waals surface area contributed by atoms with Crippen molar-refractivity contribution in [3.8, 4) is 5.69 Å². The molecule has 1 aromatic heterocycles. The van der Waals surface area contributed by atoms with Crippen molar-refractivity contribution < 1.29 is 4.79 Å². The predicted octanol–water partition coefficient (Wildman–Crippen LogP) is 7.40. The van der Waals surface area contributed by atoms with E-state index in [9.17, 15) is 9.59 Å². The van der Waals surface area contributed by atoms with Crippen molar-refractivity contribution in [1.82, 2.24) is 14.5 Å². The van der Waals surface area contributed by atoms with Gasteiger partial charge in [-0.05, 0) is 80.6 Å². The third-order valence-electron chi connectivity index (χ3n) is 7.59. The molecule has 5 aromatic rings. The number of rotatable bonds is 8. The van der Waals surface area contributed by atoms with Gasteiger partial charge in [0.15, 0.2) is 0 Å². The summed E-state index contributed by atoms with van der Waals surface area (Å²) in [4.78, 5) is 34.7. The van der Waals surface area contributed by atoms with Crippen LogP contribution < -0.4 is 10.9 Å². The number of anilines is 1. The standard InChI is InChI=1S/C35H36N4O2/c1-5-27-16-18-29(19-17-27)36-35(41)38(22-21-28-11-7-6-8-12-28)26(4)33-37-31-14-10-9-13-30(31)34(40)39(33)32-20-15-24(2)23-25(32)3/h6-20,23,26H,5,21-22H2,1-4H3,(H,36,41). The van der Waals surface area contributed by atoms with Crippen LogP contribution in [0.25, 0.3) is 16.6 Å². The van der Waals surface area contributed by atoms with Crippen molar-refractivity contribution in [1.29, 1.82) is 0 Å². The monoisotopic (exact) mass is 544 g/mol. The van der Waals surface area contributed by atoms with Crippen LogP contribution >= 0.6 is 0 Å². The second-order valence-electron chi connectivity index (χ2n) is 10.5. The van der Waals surface area contributed by atoms with Gasteiger partial charge in [0.05, 0.1) is 22.6 Å². The van der Waals surface area contributed by atoms with Gasteiger partial charge in [0.25, 0.3) is 5.56 Å². The summed E-state index contributed by atoms with van der Waals surface area (Å²) in [6.45, 7) is 8.52. The second kappa shape index (κ2) is 12.2. The van der Waals surface area contributed by atoms with E-state index in [1.54, 1.807) is 15.5 Å². The fourth-order valence-corrected chi connectivity index (χ4v) is 5.24. The van der Waals surface area contributed by atoms with Crippen molar-refractivity contribution >= 4 is 22.6 Å². The van der Waals surface area contributed by atoms with Crippen LogP contribution in [0, 0.1) is 13.8 Å². The Morgan fingerprint density at radius 3 is 2.32 bits per heavy atom. The lowest BCUT2D eigenvalue weighted by Crippen LogP contribution is -2.41. The Kier molecular flexibility index (Phi) is 8.29. The Morgan fingerprint density at radius 2 is 1.61 bits per heavy atom. The quantitative estimate of drug-likeness (QED) is 0.221. The van der Waals surface area contributed by atoms with E-state index < -0.39 is 6.04 Å². The SMILES string of the molecule is CCc1ccc(NC(=O)N(CCc2ccccc2)C(C)c2nc3ccccc3c(=O)n2-c2ccc(C)cc2C)cc1. The molecule has 0 saturated heterocycles. The molecule has 0 radical (unpaired) electrons. The lowest BCUT2D eigenvalue weighted by Gasteiger charge is -2.31. The number of nitrogens with zero attached hydrogens (tertiary/aromatic N) is 3. The highest BCUT2D eigenvalue weighted by atomic mass is 16.2. The lowest BCUT2D eigenvalue weighted by molar-refractivity contribution is 0.190. The van der Waals surface area contributed by atoms with Gasteiger partial charge in [0.2, 0.25) is 0 Å². The highest BCUT2D eigenvalue weighted by Crippen LogP contribution is 2.26. The Bertz CT molecular complexity index is 1730. The summed E-state index contributed by atoms with van der Waals surface area (Å²) < 4.78 is 1.68. The number of fused-ring (bicyclic) bond motifs is 1. The van der Waals surface area contributed by atoms with Crippen molar-refractivity contribution in [2.24, 2.45) is 0 Å². The molecule has 0 bridgehead atoms. The van der Waals surface area contributed by atoms with Crippen LogP contribution in [0.5, 0.6) is 0 Å². The molecule has 1 atom stereocenters. The average molecular weight is 545 g/mol. The number of nitrogens with one attached hydrogen (secondary N) is 1. The molecule has 6 nitrogen and oxygen atoms in total. The van der Waals surface area contributed by atoms with E-state index in [0.717, 1.165) is 34.5 Å². The minimum atomic E-state index is -0.508. The smallest absolute Gasteiger partial charge is 0.314 e. The topological polar surface area (TPSA) is 67.2 Å². The fourth-order valence-electron chi connectivity index (χ4n) is 5.24. The number of amides is 2. The molecular weight excluding hydrogens is 508 g/mol. The van der Waals surface area contributed by atoms with Crippen LogP contribution in [0.4, 0.5) is 10.5 Å². The Balaban J connectivity index is 1.60. The maximum atomic E-state index is 14.0. The molecule has 2 amide bonds. The number of urea groups is 1. The first kappa shape index (κ1) is 27.8. The molecule has 0 fully saturated rings. The number of carbonyl (C=O) groups is 1. The highest BCUT2D eigenvalue weighted by Gasteiger charge is 2.27. The van der Waals surface area contributed by atoms with Gasteiger partial charge in [0.1, 0.15) is 5.82 Å². The van der Waals surface area contributed by atoms with Crippen LogP contribution in [0.3, 0.4) is 0 Å². The molecule has 1 heterocycles. The lowest BCUT2D eigenvalue weighted by atomic mass is 10.1. The molecule has 1 unspecified atom stereocenters. The number of hydrogen-bond acceptors (Lipinski definition) is 3. The maximum Gasteiger partial charge on any atom is 0.322 e. The van der Waals surface area contributed by atoms with Crippen molar-refractivity contribution in [3.63, 3.8) is 0 Å². The summed E-state index contributed by atoms with van der Waals surface area (Å²) in [5.74, 6) is 0.519. The molecule has 0 aliphatic heterocycles. The maximum absolute atomic E-state index is 14.0. The van der Waals surface area contributed by atoms with E-state index in [0.29, 0.717) is 29.7 Å². The molecule has 6 heteroatoms. The molecular formula is C35H36N4O2. The van der Waals surface area contributed by atoms with Crippen LogP contribution in [-0.2, 0) is 12.8 Å². The summed E-state index contributed by atoms with van der Waals surface area (Å²) in [5.41, 5.74) is 6.36. The van der Waals surface area contributed by atoms with E-state index >= 15 is 0 Å². The third-order valence-corrected chi connectivity index (χ3v) is 7.59. The molecule has 208 valence electrons. The average Bonchev–Trinajstić information content (AvgIpc) is 2.98. The van der Waals surface area contributed by atoms with E-state index in [1.165, 1.54) is 5.56 Å². The van der Waals surface area contributed by atoms with E-state index in [-0.39, 0.29) is 11.6 Å². The first-order valence-corrected chi connectivity index (χ1v) is 14.2. The number of benzene rings is 4. The predicted molar refractivity (Wildman–Crippen MR) is 167 cm³/mol. The van der Waals surface area contributed by atoms with E-state index in [4.69, 9.17) is 4.98 Å². The number of carbonyl (C=O) groups excluding carboxylic acids is 1. The van der Waals surface area contributed by atoms with Gasteiger partial charge in [-0.2, -0.15) is 0 Å². The van der Waals surface area contributed by atoms with Gasteiger partial charge in [-0.15, -0.1) is 0 Å². The molecule has 41 heavy (non-hydrogen) atoms. The zero-order chi connectivity index (χ0) is 28.9. The number of aryl methyl sites for hydroxylation is 3. The fraction of sp³-hybridized carbons (Fsp3) is 0.229. The van der Waals surface area contributed by atoms with Crippen LogP contribution in [-0.4, -0.2) is 27.0 Å². The molecule has 0 aliphatic carbocycles. The van der Waals surface area contributed by atoms with Gasteiger partial charge in [0, 0.05) is 12.2 Å². The van der Waals surface area contributed by atoms with Crippen molar-refractivity contribution in [2.45, 2.75) is 46.6 Å². The number of hydrogen-bond donors (Lipinski definition) is 1. The second-order valence-corrected chi connectivity index (χ2v) is 10.5. The minimum absolute atomic E-state index is 0.150. The van der Waals surface area contributed by atoms with Crippen LogP contribution in [0.1, 0.15) is 48.0 Å². The summed E-state index contributed by atoms with van der Waals surface area (Å²) in [7, 11) is 0. The summed E-state index contributed by atoms with van der Waals surface area (Å²) in [6, 6.07) is 30.7. The molecule has 5 rings (SSSR count). The molecule has 0 aliphatic rings. The van der Waals surface area contributed by atoms with Crippen molar-refractivity contribution in [3.05, 3.63) is 135 Å².